The monoisotopic (exact) mass is 540 g/mol. The first-order chi connectivity index (χ1) is 14.7. The third-order valence-electron chi connectivity index (χ3n) is 5.36. The Morgan fingerprint density at radius 1 is 1.03 bits per heavy atom. The quantitative estimate of drug-likeness (QED) is 0.229. The molecule has 2 aromatic rings. The van der Waals surface area contributed by atoms with E-state index in [0.29, 0.717) is 6.54 Å². The van der Waals surface area contributed by atoms with E-state index in [2.05, 4.69) is 43.4 Å². The van der Waals surface area contributed by atoms with E-state index in [0.717, 1.165) is 56.6 Å². The minimum absolute atomic E-state index is 0. The number of nitrogens with zero attached hydrogens (tertiary/aromatic N) is 4. The molecule has 1 fully saturated rings. The molecule has 1 aromatic heterocycles. The van der Waals surface area contributed by atoms with Crippen molar-refractivity contribution in [3.05, 3.63) is 54.0 Å². The SMILES string of the molecule is CCCCCNC(=NC)NCc1ccnc(N2CCN(c3ccc(F)cc3)CC2)c1.I. The van der Waals surface area contributed by atoms with Crippen molar-refractivity contribution in [1.82, 2.24) is 15.6 Å². The Morgan fingerprint density at radius 2 is 1.74 bits per heavy atom. The molecule has 0 atom stereocenters. The highest BCUT2D eigenvalue weighted by Gasteiger charge is 2.18. The maximum Gasteiger partial charge on any atom is 0.191 e. The summed E-state index contributed by atoms with van der Waals surface area (Å²) in [5.41, 5.74) is 2.25. The Hall–Kier alpha value is -2.10. The van der Waals surface area contributed by atoms with Gasteiger partial charge < -0.3 is 20.4 Å². The van der Waals surface area contributed by atoms with Crippen LogP contribution in [0.1, 0.15) is 31.7 Å². The summed E-state index contributed by atoms with van der Waals surface area (Å²) in [6.07, 6.45) is 5.47. The Morgan fingerprint density at radius 3 is 2.42 bits per heavy atom. The van der Waals surface area contributed by atoms with Crippen LogP contribution in [0.5, 0.6) is 0 Å². The number of nitrogens with one attached hydrogen (secondary N) is 2. The van der Waals surface area contributed by atoms with Gasteiger partial charge in [0.2, 0.25) is 0 Å². The van der Waals surface area contributed by atoms with Crippen molar-refractivity contribution in [2.75, 3.05) is 49.6 Å². The second kappa shape index (κ2) is 13.3. The third kappa shape index (κ3) is 7.83. The van der Waals surface area contributed by atoms with Gasteiger partial charge in [0.05, 0.1) is 0 Å². The van der Waals surface area contributed by atoms with Gasteiger partial charge in [0.15, 0.2) is 5.96 Å². The Bertz CT molecular complexity index is 806. The lowest BCUT2D eigenvalue weighted by Gasteiger charge is -2.36. The Balaban J connectivity index is 0.00000341. The lowest BCUT2D eigenvalue weighted by Crippen LogP contribution is -2.46. The summed E-state index contributed by atoms with van der Waals surface area (Å²) in [5.74, 6) is 1.63. The maximum absolute atomic E-state index is 13.2. The van der Waals surface area contributed by atoms with E-state index in [1.807, 2.05) is 24.4 Å². The molecule has 2 heterocycles. The number of hydrogen-bond donors (Lipinski definition) is 2. The molecule has 0 spiro atoms. The molecule has 8 heteroatoms. The summed E-state index contributed by atoms with van der Waals surface area (Å²) in [4.78, 5) is 13.5. The molecular formula is C23H34FIN6. The van der Waals surface area contributed by atoms with Crippen molar-refractivity contribution >= 4 is 41.4 Å². The highest BCUT2D eigenvalue weighted by Crippen LogP contribution is 2.20. The molecule has 31 heavy (non-hydrogen) atoms. The average molecular weight is 540 g/mol. The first kappa shape index (κ1) is 25.2. The molecule has 0 radical (unpaired) electrons. The van der Waals surface area contributed by atoms with Crippen LogP contribution in [0.25, 0.3) is 0 Å². The molecule has 0 bridgehead atoms. The van der Waals surface area contributed by atoms with E-state index in [-0.39, 0.29) is 29.8 Å². The van der Waals surface area contributed by atoms with Crippen LogP contribution in [-0.2, 0) is 6.54 Å². The Labute approximate surface area is 202 Å². The first-order valence-electron chi connectivity index (χ1n) is 10.8. The van der Waals surface area contributed by atoms with Gasteiger partial charge in [-0.2, -0.15) is 0 Å². The summed E-state index contributed by atoms with van der Waals surface area (Å²) in [5, 5.41) is 6.74. The van der Waals surface area contributed by atoms with Crippen molar-refractivity contribution < 1.29 is 4.39 Å². The molecule has 0 unspecified atom stereocenters. The largest absolute Gasteiger partial charge is 0.368 e. The number of benzene rings is 1. The Kier molecular flexibility index (Phi) is 10.8. The smallest absolute Gasteiger partial charge is 0.191 e. The fraction of sp³-hybridized carbons (Fsp3) is 0.478. The zero-order valence-electron chi connectivity index (χ0n) is 18.5. The molecule has 1 aliphatic heterocycles. The number of halogens is 2. The minimum Gasteiger partial charge on any atom is -0.368 e. The van der Waals surface area contributed by atoms with Crippen molar-refractivity contribution in [2.24, 2.45) is 4.99 Å². The fourth-order valence-electron chi connectivity index (χ4n) is 3.58. The number of pyridine rings is 1. The fourth-order valence-corrected chi connectivity index (χ4v) is 3.58. The van der Waals surface area contributed by atoms with Gasteiger partial charge in [-0.05, 0) is 48.4 Å². The van der Waals surface area contributed by atoms with Crippen molar-refractivity contribution in [3.63, 3.8) is 0 Å². The summed E-state index contributed by atoms with van der Waals surface area (Å²) in [6.45, 7) is 7.42. The molecule has 1 aromatic carbocycles. The topological polar surface area (TPSA) is 55.8 Å². The third-order valence-corrected chi connectivity index (χ3v) is 5.36. The lowest BCUT2D eigenvalue weighted by molar-refractivity contribution is 0.624. The van der Waals surface area contributed by atoms with Gasteiger partial charge in [0.25, 0.3) is 0 Å². The van der Waals surface area contributed by atoms with E-state index < -0.39 is 0 Å². The van der Waals surface area contributed by atoms with Crippen molar-refractivity contribution in [2.45, 2.75) is 32.7 Å². The van der Waals surface area contributed by atoms with E-state index >= 15 is 0 Å². The van der Waals surface area contributed by atoms with Crippen LogP contribution in [0, 0.1) is 5.82 Å². The predicted octanol–water partition coefficient (Wildman–Crippen LogP) is 4.02. The molecule has 6 nitrogen and oxygen atoms in total. The summed E-state index contributed by atoms with van der Waals surface area (Å²) < 4.78 is 13.2. The van der Waals surface area contributed by atoms with Crippen LogP contribution in [0.15, 0.2) is 47.6 Å². The van der Waals surface area contributed by atoms with Crippen molar-refractivity contribution in [3.8, 4) is 0 Å². The summed E-state index contributed by atoms with van der Waals surface area (Å²) in [6, 6.07) is 10.9. The van der Waals surface area contributed by atoms with Crippen LogP contribution in [0.2, 0.25) is 0 Å². The number of guanidine groups is 1. The van der Waals surface area contributed by atoms with Crippen LogP contribution < -0.4 is 20.4 Å². The van der Waals surface area contributed by atoms with E-state index in [1.54, 1.807) is 7.05 Å². The van der Waals surface area contributed by atoms with Gasteiger partial charge in [-0.15, -0.1) is 24.0 Å². The zero-order chi connectivity index (χ0) is 21.2. The van der Waals surface area contributed by atoms with Gasteiger partial charge in [0.1, 0.15) is 11.6 Å². The van der Waals surface area contributed by atoms with Crippen LogP contribution in [0.4, 0.5) is 15.9 Å². The highest BCUT2D eigenvalue weighted by atomic mass is 127. The van der Waals surface area contributed by atoms with Crippen LogP contribution in [-0.4, -0.2) is 50.7 Å². The molecule has 0 aliphatic carbocycles. The standard InChI is InChI=1S/C23H33FN6.HI/c1-3-4-5-11-27-23(25-2)28-18-19-10-12-26-22(17-19)30-15-13-29(14-16-30)21-8-6-20(24)7-9-21;/h6-10,12,17H,3-5,11,13-16,18H2,1-2H3,(H2,25,27,28);1H. The molecule has 1 saturated heterocycles. The summed E-state index contributed by atoms with van der Waals surface area (Å²) >= 11 is 0. The predicted molar refractivity (Wildman–Crippen MR) is 138 cm³/mol. The molecule has 0 saturated carbocycles. The molecular weight excluding hydrogens is 506 g/mol. The number of anilines is 2. The molecule has 2 N–H and O–H groups in total. The maximum atomic E-state index is 13.2. The normalized spacial score (nSPS) is 14.2. The molecule has 1 aliphatic rings. The van der Waals surface area contributed by atoms with Gasteiger partial charge in [-0.3, -0.25) is 4.99 Å². The average Bonchev–Trinajstić information content (AvgIpc) is 2.79. The minimum atomic E-state index is -0.195. The van der Waals surface area contributed by atoms with Gasteiger partial charge in [-0.25, -0.2) is 9.37 Å². The van der Waals surface area contributed by atoms with E-state index in [1.165, 1.54) is 30.5 Å². The van der Waals surface area contributed by atoms with E-state index in [9.17, 15) is 4.39 Å². The summed E-state index contributed by atoms with van der Waals surface area (Å²) in [7, 11) is 1.80. The van der Waals surface area contributed by atoms with Gasteiger partial charge in [-0.1, -0.05) is 19.8 Å². The van der Waals surface area contributed by atoms with Crippen molar-refractivity contribution in [1.29, 1.82) is 0 Å². The molecule has 170 valence electrons. The first-order valence-corrected chi connectivity index (χ1v) is 10.8. The number of unbranched alkanes of at least 4 members (excludes halogenated alkanes) is 2. The second-order valence-electron chi connectivity index (χ2n) is 7.53. The molecule has 0 amide bonds. The second-order valence-corrected chi connectivity index (χ2v) is 7.53. The lowest BCUT2D eigenvalue weighted by atomic mass is 10.2. The van der Waals surface area contributed by atoms with Gasteiger partial charge >= 0.3 is 0 Å². The molecule has 3 rings (SSSR count). The number of rotatable bonds is 8. The number of piperazine rings is 1. The van der Waals surface area contributed by atoms with Crippen LogP contribution in [0.3, 0.4) is 0 Å². The van der Waals surface area contributed by atoms with Crippen LogP contribution >= 0.6 is 24.0 Å². The number of aromatic nitrogens is 1. The van der Waals surface area contributed by atoms with Gasteiger partial charge in [0, 0.05) is 58.2 Å². The number of hydrogen-bond acceptors (Lipinski definition) is 4. The zero-order valence-corrected chi connectivity index (χ0v) is 20.8. The number of aliphatic imine (C=N–C) groups is 1. The highest BCUT2D eigenvalue weighted by molar-refractivity contribution is 14.0. The van der Waals surface area contributed by atoms with E-state index in [4.69, 9.17) is 0 Å².